The van der Waals surface area contributed by atoms with Crippen molar-refractivity contribution in [3.8, 4) is 19.5 Å². The second-order valence-corrected chi connectivity index (χ2v) is 9.61. The molecule has 5 heteroatoms. The average molecular weight is 440 g/mol. The fourth-order valence-corrected chi connectivity index (χ4v) is 5.40. The van der Waals surface area contributed by atoms with Gasteiger partial charge in [0, 0.05) is 25.2 Å². The van der Waals surface area contributed by atoms with Crippen LogP contribution in [0.1, 0.15) is 5.56 Å². The molecule has 5 aromatic rings. The second kappa shape index (κ2) is 11.0. The van der Waals surface area contributed by atoms with E-state index in [9.17, 15) is 0 Å². The lowest BCUT2D eigenvalue weighted by molar-refractivity contribution is 1.47. The van der Waals surface area contributed by atoms with Crippen LogP contribution in [0.4, 0.5) is 5.69 Å². The first kappa shape index (κ1) is 20.6. The van der Waals surface area contributed by atoms with Crippen LogP contribution in [-0.4, -0.2) is 0 Å². The molecule has 4 aromatic heterocycles. The Morgan fingerprint density at radius 2 is 0.821 bits per heavy atom. The van der Waals surface area contributed by atoms with Gasteiger partial charge in [0.1, 0.15) is 0 Å². The van der Waals surface area contributed by atoms with Crippen molar-refractivity contribution >= 4 is 51.0 Å². The maximum Gasteiger partial charge on any atom is 0.0442 e. The zero-order valence-corrected chi connectivity index (χ0v) is 18.7. The van der Waals surface area contributed by atoms with Gasteiger partial charge in [-0.15, -0.1) is 45.3 Å². The minimum atomic E-state index is 0.829. The van der Waals surface area contributed by atoms with Crippen molar-refractivity contribution in [3.05, 3.63) is 99.9 Å². The normalized spacial score (nSPS) is 9.75. The molecular weight excluding hydrogens is 419 g/mol. The summed E-state index contributed by atoms with van der Waals surface area (Å²) in [5, 5.41) is 8.42. The molecule has 1 aromatic carbocycles. The SMILES string of the molecule is Cc1ccc(N)cc1.c1csc(-c2cccs2)c1.c1csc(-c2cccs2)c1. The summed E-state index contributed by atoms with van der Waals surface area (Å²) in [6.45, 7) is 2.04. The lowest BCUT2D eigenvalue weighted by atomic mass is 10.2. The van der Waals surface area contributed by atoms with Gasteiger partial charge < -0.3 is 5.73 Å². The van der Waals surface area contributed by atoms with E-state index in [0.717, 1.165) is 5.69 Å². The zero-order valence-electron chi connectivity index (χ0n) is 15.4. The highest BCUT2D eigenvalue weighted by atomic mass is 32.1. The van der Waals surface area contributed by atoms with Gasteiger partial charge in [0.2, 0.25) is 0 Å². The summed E-state index contributed by atoms with van der Waals surface area (Å²) in [4.78, 5) is 5.48. The topological polar surface area (TPSA) is 26.0 Å². The van der Waals surface area contributed by atoms with Crippen LogP contribution in [0.2, 0.25) is 0 Å². The molecule has 2 N–H and O–H groups in total. The smallest absolute Gasteiger partial charge is 0.0442 e. The Bertz CT molecular complexity index is 845. The molecule has 1 nitrogen and oxygen atoms in total. The van der Waals surface area contributed by atoms with Crippen molar-refractivity contribution in [2.45, 2.75) is 6.92 Å². The molecule has 0 radical (unpaired) electrons. The third-order valence-corrected chi connectivity index (χ3v) is 7.52. The molecule has 0 spiro atoms. The van der Waals surface area contributed by atoms with E-state index in [2.05, 4.69) is 70.1 Å². The van der Waals surface area contributed by atoms with Gasteiger partial charge in [-0.1, -0.05) is 42.0 Å². The number of benzene rings is 1. The quantitative estimate of drug-likeness (QED) is 0.274. The maximum atomic E-state index is 5.43. The fourth-order valence-electron chi connectivity index (χ4n) is 2.24. The Hall–Kier alpha value is -2.18. The minimum Gasteiger partial charge on any atom is -0.399 e. The lowest BCUT2D eigenvalue weighted by Crippen LogP contribution is -1.81. The number of thiophene rings is 4. The van der Waals surface area contributed by atoms with Crippen molar-refractivity contribution < 1.29 is 0 Å². The predicted octanol–water partition coefficient (Wildman–Crippen LogP) is 8.53. The number of hydrogen-bond donors (Lipinski definition) is 1. The predicted molar refractivity (Wildman–Crippen MR) is 131 cm³/mol. The van der Waals surface area contributed by atoms with Crippen LogP contribution in [0, 0.1) is 6.92 Å². The highest BCUT2D eigenvalue weighted by Crippen LogP contribution is 2.29. The molecule has 4 heterocycles. The molecule has 142 valence electrons. The average Bonchev–Trinajstić information content (AvgIpc) is 3.53. The zero-order chi connectivity index (χ0) is 19.6. The lowest BCUT2D eigenvalue weighted by Gasteiger charge is -1.90. The van der Waals surface area contributed by atoms with E-state index in [1.54, 1.807) is 45.3 Å². The molecule has 0 unspecified atom stereocenters. The molecule has 5 rings (SSSR count). The third-order valence-electron chi connectivity index (χ3n) is 3.65. The number of nitrogen functional groups attached to an aromatic ring is 1. The molecule has 0 saturated carbocycles. The maximum absolute atomic E-state index is 5.43. The Kier molecular flexibility index (Phi) is 8.06. The highest BCUT2D eigenvalue weighted by Gasteiger charge is 1.97. The molecule has 0 bridgehead atoms. The minimum absolute atomic E-state index is 0.829. The molecule has 0 aliphatic carbocycles. The van der Waals surface area contributed by atoms with E-state index >= 15 is 0 Å². The largest absolute Gasteiger partial charge is 0.399 e. The van der Waals surface area contributed by atoms with E-state index in [4.69, 9.17) is 5.73 Å². The Labute approximate surface area is 182 Å². The summed E-state index contributed by atoms with van der Waals surface area (Å²) >= 11 is 7.16. The fraction of sp³-hybridized carbons (Fsp3) is 0.0435. The van der Waals surface area contributed by atoms with Gasteiger partial charge in [-0.05, 0) is 64.8 Å². The van der Waals surface area contributed by atoms with Crippen LogP contribution in [0.5, 0.6) is 0 Å². The van der Waals surface area contributed by atoms with Crippen LogP contribution in [-0.2, 0) is 0 Å². The molecule has 0 atom stereocenters. The van der Waals surface area contributed by atoms with E-state index in [1.807, 2.05) is 31.2 Å². The first-order valence-corrected chi connectivity index (χ1v) is 12.2. The van der Waals surface area contributed by atoms with Crippen LogP contribution >= 0.6 is 45.3 Å². The molecule has 0 fully saturated rings. The van der Waals surface area contributed by atoms with E-state index in [-0.39, 0.29) is 0 Å². The number of nitrogens with two attached hydrogens (primary N) is 1. The van der Waals surface area contributed by atoms with Gasteiger partial charge in [-0.3, -0.25) is 0 Å². The van der Waals surface area contributed by atoms with Gasteiger partial charge >= 0.3 is 0 Å². The Morgan fingerprint density at radius 1 is 0.500 bits per heavy atom. The van der Waals surface area contributed by atoms with Gasteiger partial charge in [0.15, 0.2) is 0 Å². The van der Waals surface area contributed by atoms with Crippen molar-refractivity contribution in [1.82, 2.24) is 0 Å². The van der Waals surface area contributed by atoms with Gasteiger partial charge in [-0.25, -0.2) is 0 Å². The van der Waals surface area contributed by atoms with E-state index in [0.29, 0.717) is 0 Å². The highest BCUT2D eigenvalue weighted by molar-refractivity contribution is 7.20. The Balaban J connectivity index is 0.000000122. The van der Waals surface area contributed by atoms with Crippen LogP contribution in [0.15, 0.2) is 94.3 Å². The first-order chi connectivity index (χ1) is 13.7. The third kappa shape index (κ3) is 6.46. The second-order valence-electron chi connectivity index (χ2n) is 5.82. The van der Waals surface area contributed by atoms with Crippen molar-refractivity contribution in [2.24, 2.45) is 0 Å². The number of rotatable bonds is 2. The van der Waals surface area contributed by atoms with E-state index < -0.39 is 0 Å². The van der Waals surface area contributed by atoms with Crippen LogP contribution in [0.3, 0.4) is 0 Å². The summed E-state index contributed by atoms with van der Waals surface area (Å²) < 4.78 is 0. The number of anilines is 1. The number of hydrogen-bond acceptors (Lipinski definition) is 5. The number of aryl methyl sites for hydroxylation is 1. The molecule has 0 aliphatic rings. The first-order valence-electron chi connectivity index (χ1n) is 8.69. The summed E-state index contributed by atoms with van der Waals surface area (Å²) in [6.07, 6.45) is 0. The molecule has 0 saturated heterocycles. The summed E-state index contributed by atoms with van der Waals surface area (Å²) in [6, 6.07) is 24.7. The summed E-state index contributed by atoms with van der Waals surface area (Å²) in [5.74, 6) is 0. The van der Waals surface area contributed by atoms with Gasteiger partial charge in [0.25, 0.3) is 0 Å². The molecule has 0 aliphatic heterocycles. The van der Waals surface area contributed by atoms with Gasteiger partial charge in [-0.2, -0.15) is 0 Å². The monoisotopic (exact) mass is 439 g/mol. The van der Waals surface area contributed by atoms with Crippen LogP contribution in [0.25, 0.3) is 19.5 Å². The summed E-state index contributed by atoms with van der Waals surface area (Å²) in [7, 11) is 0. The summed E-state index contributed by atoms with van der Waals surface area (Å²) in [5.41, 5.74) is 7.51. The van der Waals surface area contributed by atoms with Crippen LogP contribution < -0.4 is 5.73 Å². The molecule has 28 heavy (non-hydrogen) atoms. The van der Waals surface area contributed by atoms with Crippen molar-refractivity contribution in [1.29, 1.82) is 0 Å². The van der Waals surface area contributed by atoms with Crippen molar-refractivity contribution in [2.75, 3.05) is 5.73 Å². The van der Waals surface area contributed by atoms with Crippen molar-refractivity contribution in [3.63, 3.8) is 0 Å². The standard InChI is InChI=1S/2C8H6S2.C7H9N/c2*1-3-7(9-5-1)8-4-2-6-10-8;1-6-2-4-7(8)5-3-6/h2*1-6H;2-5H,8H2,1H3. The Morgan fingerprint density at radius 3 is 1.04 bits per heavy atom. The van der Waals surface area contributed by atoms with Gasteiger partial charge in [0.05, 0.1) is 0 Å². The van der Waals surface area contributed by atoms with E-state index in [1.165, 1.54) is 25.1 Å². The molecular formula is C23H21NS4. The molecule has 0 amide bonds.